The van der Waals surface area contributed by atoms with Crippen molar-refractivity contribution >= 4 is 17.1 Å². The Bertz CT molecular complexity index is 518. The maximum absolute atomic E-state index is 13.2. The first-order valence-corrected chi connectivity index (χ1v) is 7.65. The van der Waals surface area contributed by atoms with Crippen LogP contribution in [0.15, 0.2) is 35.9 Å². The van der Waals surface area contributed by atoms with Gasteiger partial charge in [0.15, 0.2) is 0 Å². The standard InChI is InChI=1S/C15H20F3NOS/c1-11(10-12-8-6-5-7-9-12)13(15(16,17)18)19-21(20)14(2,3)4/h5-10,13,19H,1-4H3/b11-10+/t13-,21+/m0/s1. The number of halogens is 3. The van der Waals surface area contributed by atoms with E-state index in [1.54, 1.807) is 51.1 Å². The molecule has 0 heterocycles. The van der Waals surface area contributed by atoms with E-state index in [0.717, 1.165) is 0 Å². The molecule has 1 rings (SSSR count). The Morgan fingerprint density at radius 3 is 2.14 bits per heavy atom. The molecule has 6 heteroatoms. The van der Waals surface area contributed by atoms with E-state index in [4.69, 9.17) is 0 Å². The van der Waals surface area contributed by atoms with Crippen molar-refractivity contribution < 1.29 is 17.4 Å². The van der Waals surface area contributed by atoms with Crippen LogP contribution in [0.4, 0.5) is 13.2 Å². The van der Waals surface area contributed by atoms with E-state index in [1.807, 2.05) is 0 Å². The van der Waals surface area contributed by atoms with E-state index in [9.17, 15) is 17.4 Å². The minimum absolute atomic E-state index is 0.0753. The predicted octanol–water partition coefficient (Wildman–Crippen LogP) is 4.07. The quantitative estimate of drug-likeness (QED) is 0.890. The molecule has 0 fully saturated rings. The third-order valence-corrected chi connectivity index (χ3v) is 4.32. The highest BCUT2D eigenvalue weighted by atomic mass is 32.2. The highest BCUT2D eigenvalue weighted by Crippen LogP contribution is 2.28. The van der Waals surface area contributed by atoms with Gasteiger partial charge in [0.1, 0.15) is 6.04 Å². The lowest BCUT2D eigenvalue weighted by atomic mass is 10.1. The number of hydrogen-bond acceptors (Lipinski definition) is 1. The summed E-state index contributed by atoms with van der Waals surface area (Å²) in [7, 11) is -1.80. The average molecular weight is 319 g/mol. The topological polar surface area (TPSA) is 29.1 Å². The SMILES string of the molecule is C/C(=C\c1ccccc1)[C@H](N[S@](=O)C(C)(C)C)C(F)(F)F. The predicted molar refractivity (Wildman–Crippen MR) is 81.0 cm³/mol. The average Bonchev–Trinajstić information content (AvgIpc) is 2.34. The van der Waals surface area contributed by atoms with E-state index >= 15 is 0 Å². The molecule has 0 aromatic heterocycles. The van der Waals surface area contributed by atoms with Crippen LogP contribution in [0, 0.1) is 0 Å². The first-order chi connectivity index (χ1) is 9.51. The molecule has 1 aromatic carbocycles. The fourth-order valence-electron chi connectivity index (χ4n) is 1.60. The van der Waals surface area contributed by atoms with Gasteiger partial charge < -0.3 is 0 Å². The van der Waals surface area contributed by atoms with Gasteiger partial charge in [0.2, 0.25) is 0 Å². The van der Waals surface area contributed by atoms with Gasteiger partial charge in [0.05, 0.1) is 15.7 Å². The van der Waals surface area contributed by atoms with Crippen LogP contribution in [0.1, 0.15) is 33.3 Å². The zero-order valence-electron chi connectivity index (χ0n) is 12.5. The van der Waals surface area contributed by atoms with Gasteiger partial charge in [-0.05, 0) is 38.8 Å². The van der Waals surface area contributed by atoms with E-state index in [2.05, 4.69) is 4.72 Å². The van der Waals surface area contributed by atoms with Crippen molar-refractivity contribution in [2.24, 2.45) is 0 Å². The Labute approximate surface area is 126 Å². The van der Waals surface area contributed by atoms with E-state index in [-0.39, 0.29) is 5.57 Å². The maximum Gasteiger partial charge on any atom is 0.408 e. The lowest BCUT2D eigenvalue weighted by Crippen LogP contribution is -2.48. The number of benzene rings is 1. The summed E-state index contributed by atoms with van der Waals surface area (Å²) in [6.45, 7) is 6.26. The molecule has 0 spiro atoms. The zero-order valence-corrected chi connectivity index (χ0v) is 13.3. The molecule has 1 N–H and O–H groups in total. The zero-order chi connectivity index (χ0) is 16.3. The molecule has 2 nitrogen and oxygen atoms in total. The second kappa shape index (κ2) is 6.75. The van der Waals surface area contributed by atoms with Crippen molar-refractivity contribution in [3.63, 3.8) is 0 Å². The molecular formula is C15H20F3NOS. The van der Waals surface area contributed by atoms with Crippen LogP contribution in [0.5, 0.6) is 0 Å². The lowest BCUT2D eigenvalue weighted by molar-refractivity contribution is -0.142. The first kappa shape index (κ1) is 17.9. The summed E-state index contributed by atoms with van der Waals surface area (Å²) in [5.41, 5.74) is 0.749. The molecule has 118 valence electrons. The highest BCUT2D eigenvalue weighted by molar-refractivity contribution is 7.84. The molecule has 1 aromatic rings. The fourth-order valence-corrected chi connectivity index (χ4v) is 2.48. The summed E-state index contributed by atoms with van der Waals surface area (Å²) < 4.78 is 52.9. The van der Waals surface area contributed by atoms with Gasteiger partial charge in [0, 0.05) is 0 Å². The van der Waals surface area contributed by atoms with Crippen LogP contribution in [0.25, 0.3) is 6.08 Å². The molecule has 0 aliphatic rings. The Morgan fingerprint density at radius 1 is 1.19 bits per heavy atom. The van der Waals surface area contributed by atoms with Crippen LogP contribution in [0.3, 0.4) is 0 Å². The lowest BCUT2D eigenvalue weighted by Gasteiger charge is -2.26. The van der Waals surface area contributed by atoms with Gasteiger partial charge in [0.25, 0.3) is 0 Å². The van der Waals surface area contributed by atoms with E-state index in [0.29, 0.717) is 5.56 Å². The van der Waals surface area contributed by atoms with Gasteiger partial charge in [-0.15, -0.1) is 0 Å². The van der Waals surface area contributed by atoms with Gasteiger partial charge >= 0.3 is 6.18 Å². The highest BCUT2D eigenvalue weighted by Gasteiger charge is 2.42. The van der Waals surface area contributed by atoms with E-state index in [1.165, 1.54) is 13.0 Å². The third kappa shape index (κ3) is 5.63. The summed E-state index contributed by atoms with van der Waals surface area (Å²) in [6.07, 6.45) is -3.05. The first-order valence-electron chi connectivity index (χ1n) is 6.50. The molecule has 0 aliphatic carbocycles. The van der Waals surface area contributed by atoms with E-state index < -0.39 is 28.0 Å². The van der Waals surface area contributed by atoms with Crippen LogP contribution >= 0.6 is 0 Å². The number of hydrogen-bond donors (Lipinski definition) is 1. The molecule has 0 amide bonds. The molecule has 0 aliphatic heterocycles. The van der Waals surface area contributed by atoms with Crippen molar-refractivity contribution in [2.45, 2.75) is 44.7 Å². The number of nitrogens with one attached hydrogen (secondary N) is 1. The summed E-state index contributed by atoms with van der Waals surface area (Å²) in [6, 6.07) is 6.80. The van der Waals surface area contributed by atoms with Crippen molar-refractivity contribution in [3.05, 3.63) is 41.5 Å². The molecule has 21 heavy (non-hydrogen) atoms. The molecule has 0 bridgehead atoms. The smallest absolute Gasteiger partial charge is 0.242 e. The Morgan fingerprint density at radius 2 is 1.71 bits per heavy atom. The molecule has 2 atom stereocenters. The van der Waals surface area contributed by atoms with Gasteiger partial charge in [-0.1, -0.05) is 36.4 Å². The van der Waals surface area contributed by atoms with Crippen LogP contribution in [0.2, 0.25) is 0 Å². The monoisotopic (exact) mass is 319 g/mol. The fraction of sp³-hybridized carbons (Fsp3) is 0.467. The minimum Gasteiger partial charge on any atom is -0.242 e. The second-order valence-corrected chi connectivity index (χ2v) is 7.77. The van der Waals surface area contributed by atoms with Gasteiger partial charge in [-0.3, -0.25) is 0 Å². The van der Waals surface area contributed by atoms with Crippen molar-refractivity contribution in [3.8, 4) is 0 Å². The number of rotatable bonds is 4. The Hall–Kier alpha value is -1.14. The van der Waals surface area contributed by atoms with Gasteiger partial charge in [-0.25, -0.2) is 8.93 Å². The van der Waals surface area contributed by atoms with Crippen molar-refractivity contribution in [2.75, 3.05) is 0 Å². The minimum atomic E-state index is -4.50. The van der Waals surface area contributed by atoms with Crippen LogP contribution < -0.4 is 4.72 Å². The molecular weight excluding hydrogens is 299 g/mol. The summed E-state index contributed by atoms with van der Waals surface area (Å²) in [5, 5.41) is 0. The van der Waals surface area contributed by atoms with Gasteiger partial charge in [-0.2, -0.15) is 13.2 Å². The Kier molecular flexibility index (Phi) is 5.75. The van der Waals surface area contributed by atoms with Crippen LogP contribution in [-0.4, -0.2) is 21.2 Å². The summed E-state index contributed by atoms with van der Waals surface area (Å²) in [5.74, 6) is 0. The molecule has 0 saturated carbocycles. The molecule has 0 unspecified atom stereocenters. The molecule has 0 saturated heterocycles. The third-order valence-electron chi connectivity index (χ3n) is 2.76. The van der Waals surface area contributed by atoms with Crippen molar-refractivity contribution in [1.29, 1.82) is 0 Å². The number of alkyl halides is 3. The second-order valence-electron chi connectivity index (χ2n) is 5.77. The normalized spacial score (nSPS) is 16.6. The molecule has 0 radical (unpaired) electrons. The largest absolute Gasteiger partial charge is 0.408 e. The summed E-state index contributed by atoms with van der Waals surface area (Å²) >= 11 is 0. The summed E-state index contributed by atoms with van der Waals surface area (Å²) in [4.78, 5) is 0. The van der Waals surface area contributed by atoms with Crippen LogP contribution in [-0.2, 0) is 11.0 Å². The Balaban J connectivity index is 3.04. The maximum atomic E-state index is 13.2. The van der Waals surface area contributed by atoms with Crippen molar-refractivity contribution in [1.82, 2.24) is 4.72 Å².